The number of nitrogens with one attached hydrogen (secondary N) is 1. The normalized spacial score (nSPS) is 12.3. The number of hydrogen-bond acceptors (Lipinski definition) is 4. The fraction of sp³-hybridized carbons (Fsp3) is 0.267. The molecule has 0 spiro atoms. The van der Waals surface area contributed by atoms with Gasteiger partial charge in [0.25, 0.3) is 0 Å². The van der Waals surface area contributed by atoms with Crippen molar-refractivity contribution in [3.05, 3.63) is 52.2 Å². The Hall–Kier alpha value is -1.70. The topological polar surface area (TPSA) is 83.5 Å². The van der Waals surface area contributed by atoms with Crippen LogP contribution in [0.15, 0.2) is 46.7 Å². The number of aromatic carboxylic acids is 1. The number of rotatable bonds is 6. The van der Waals surface area contributed by atoms with E-state index in [0.29, 0.717) is 0 Å². The second-order valence-electron chi connectivity index (χ2n) is 5.52. The Morgan fingerprint density at radius 2 is 1.86 bits per heavy atom. The molecule has 0 aliphatic rings. The monoisotopic (exact) mass is 339 g/mol. The molecule has 7 heteroatoms. The minimum absolute atomic E-state index is 0.0536. The largest absolute Gasteiger partial charge is 0.478 e. The van der Waals surface area contributed by atoms with Gasteiger partial charge in [0.15, 0.2) is 0 Å². The van der Waals surface area contributed by atoms with Crippen LogP contribution in [0.4, 0.5) is 0 Å². The minimum atomic E-state index is -3.67. The van der Waals surface area contributed by atoms with Crippen LogP contribution in [-0.2, 0) is 15.4 Å². The summed E-state index contributed by atoms with van der Waals surface area (Å²) < 4.78 is 27.1. The van der Waals surface area contributed by atoms with Gasteiger partial charge in [-0.05, 0) is 35.7 Å². The van der Waals surface area contributed by atoms with E-state index in [-0.39, 0.29) is 22.4 Å². The molecule has 118 valence electrons. The average molecular weight is 339 g/mol. The van der Waals surface area contributed by atoms with E-state index in [0.717, 1.165) is 4.88 Å². The minimum Gasteiger partial charge on any atom is -0.478 e. The summed E-state index contributed by atoms with van der Waals surface area (Å²) in [4.78, 5) is 11.9. The molecule has 0 aliphatic heterocycles. The van der Waals surface area contributed by atoms with Crippen molar-refractivity contribution in [1.82, 2.24) is 4.72 Å². The highest BCUT2D eigenvalue weighted by Crippen LogP contribution is 2.27. The molecule has 0 unspecified atom stereocenters. The lowest BCUT2D eigenvalue weighted by atomic mass is 9.92. The van der Waals surface area contributed by atoms with Crippen LogP contribution in [0.5, 0.6) is 0 Å². The Morgan fingerprint density at radius 3 is 2.36 bits per heavy atom. The summed E-state index contributed by atoms with van der Waals surface area (Å²) in [7, 11) is -3.67. The Bertz CT molecular complexity index is 747. The summed E-state index contributed by atoms with van der Waals surface area (Å²) in [5.41, 5.74) is -0.264. The van der Waals surface area contributed by atoms with Crippen molar-refractivity contribution in [3.63, 3.8) is 0 Å². The van der Waals surface area contributed by atoms with Gasteiger partial charge in [0.05, 0.1) is 10.5 Å². The summed E-state index contributed by atoms with van der Waals surface area (Å²) in [6, 6.07) is 9.05. The van der Waals surface area contributed by atoms with E-state index in [1.165, 1.54) is 24.3 Å². The van der Waals surface area contributed by atoms with Crippen LogP contribution in [0.25, 0.3) is 0 Å². The van der Waals surface area contributed by atoms with Gasteiger partial charge in [0, 0.05) is 16.8 Å². The zero-order valence-corrected chi connectivity index (χ0v) is 13.9. The highest BCUT2D eigenvalue weighted by molar-refractivity contribution is 7.89. The van der Waals surface area contributed by atoms with Gasteiger partial charge in [0.2, 0.25) is 10.0 Å². The van der Waals surface area contributed by atoms with E-state index in [1.54, 1.807) is 11.3 Å². The maximum Gasteiger partial charge on any atom is 0.335 e. The Kier molecular flexibility index (Phi) is 4.69. The van der Waals surface area contributed by atoms with Gasteiger partial charge in [-0.3, -0.25) is 0 Å². The van der Waals surface area contributed by atoms with Crippen molar-refractivity contribution in [3.8, 4) is 0 Å². The molecule has 0 aliphatic carbocycles. The van der Waals surface area contributed by atoms with Gasteiger partial charge in [-0.1, -0.05) is 19.9 Å². The van der Waals surface area contributed by atoms with E-state index in [2.05, 4.69) is 4.72 Å². The van der Waals surface area contributed by atoms with E-state index >= 15 is 0 Å². The van der Waals surface area contributed by atoms with Gasteiger partial charge in [-0.2, -0.15) is 0 Å². The molecule has 2 rings (SSSR count). The third kappa shape index (κ3) is 3.73. The number of sulfonamides is 1. The fourth-order valence-electron chi connectivity index (χ4n) is 1.89. The summed E-state index contributed by atoms with van der Waals surface area (Å²) >= 11 is 1.58. The second kappa shape index (κ2) is 6.20. The van der Waals surface area contributed by atoms with E-state index in [9.17, 15) is 13.2 Å². The van der Waals surface area contributed by atoms with Crippen molar-refractivity contribution in [1.29, 1.82) is 0 Å². The molecule has 1 aromatic heterocycles. The van der Waals surface area contributed by atoms with E-state index < -0.39 is 16.0 Å². The van der Waals surface area contributed by atoms with Crippen LogP contribution in [-0.4, -0.2) is 26.0 Å². The third-order valence-corrected chi connectivity index (χ3v) is 5.96. The summed E-state index contributed by atoms with van der Waals surface area (Å²) in [6.45, 7) is 4.19. The predicted molar refractivity (Wildman–Crippen MR) is 85.9 cm³/mol. The number of hydrogen-bond donors (Lipinski definition) is 2. The average Bonchev–Trinajstić information content (AvgIpc) is 3.00. The second-order valence-corrected chi connectivity index (χ2v) is 8.23. The predicted octanol–water partition coefficient (Wildman–Crippen LogP) is 2.70. The van der Waals surface area contributed by atoms with Crippen LogP contribution in [0, 0.1) is 0 Å². The highest BCUT2D eigenvalue weighted by atomic mass is 32.2. The summed E-state index contributed by atoms with van der Waals surface area (Å²) in [6.07, 6.45) is 0. The van der Waals surface area contributed by atoms with Gasteiger partial charge in [-0.25, -0.2) is 17.9 Å². The molecule has 2 N–H and O–H groups in total. The number of carbonyl (C=O) groups is 1. The van der Waals surface area contributed by atoms with Crippen LogP contribution in [0.1, 0.15) is 29.1 Å². The highest BCUT2D eigenvalue weighted by Gasteiger charge is 2.25. The number of carboxylic acid groups (broad SMARTS) is 1. The SMILES string of the molecule is CC(C)(CNS(=O)(=O)c1ccc(C(=O)O)cc1)c1cccs1. The maximum atomic E-state index is 12.3. The van der Waals surface area contributed by atoms with Crippen molar-refractivity contribution in [2.75, 3.05) is 6.54 Å². The summed E-state index contributed by atoms with van der Waals surface area (Å²) in [5, 5.41) is 10.8. The van der Waals surface area contributed by atoms with Crippen LogP contribution in [0.3, 0.4) is 0 Å². The smallest absolute Gasteiger partial charge is 0.335 e. The lowest BCUT2D eigenvalue weighted by molar-refractivity contribution is 0.0696. The summed E-state index contributed by atoms with van der Waals surface area (Å²) in [5.74, 6) is -1.09. The molecule has 0 fully saturated rings. The molecule has 0 atom stereocenters. The first-order valence-electron chi connectivity index (χ1n) is 6.59. The Balaban J connectivity index is 2.13. The lowest BCUT2D eigenvalue weighted by Crippen LogP contribution is -2.36. The third-order valence-electron chi connectivity index (χ3n) is 3.30. The number of thiophene rings is 1. The molecular weight excluding hydrogens is 322 g/mol. The zero-order chi connectivity index (χ0) is 16.4. The van der Waals surface area contributed by atoms with Crippen molar-refractivity contribution in [2.24, 2.45) is 0 Å². The van der Waals surface area contributed by atoms with Crippen LogP contribution < -0.4 is 4.72 Å². The van der Waals surface area contributed by atoms with Gasteiger partial charge in [-0.15, -0.1) is 11.3 Å². The van der Waals surface area contributed by atoms with Crippen LogP contribution >= 0.6 is 11.3 Å². The molecule has 2 aromatic rings. The Labute approximate surface area is 133 Å². The number of benzene rings is 1. The molecule has 1 heterocycles. The van der Waals surface area contributed by atoms with Crippen molar-refractivity contribution in [2.45, 2.75) is 24.2 Å². The molecule has 0 saturated heterocycles. The molecule has 0 radical (unpaired) electrons. The quantitative estimate of drug-likeness (QED) is 0.847. The molecular formula is C15H17NO4S2. The van der Waals surface area contributed by atoms with Crippen molar-refractivity contribution >= 4 is 27.3 Å². The van der Waals surface area contributed by atoms with E-state index in [1.807, 2.05) is 31.4 Å². The van der Waals surface area contributed by atoms with Gasteiger partial charge < -0.3 is 5.11 Å². The number of carboxylic acids is 1. The Morgan fingerprint density at radius 1 is 1.23 bits per heavy atom. The molecule has 1 aromatic carbocycles. The molecule has 5 nitrogen and oxygen atoms in total. The van der Waals surface area contributed by atoms with Crippen molar-refractivity contribution < 1.29 is 18.3 Å². The molecule has 0 amide bonds. The van der Waals surface area contributed by atoms with Gasteiger partial charge in [0.1, 0.15) is 0 Å². The molecule has 0 saturated carbocycles. The van der Waals surface area contributed by atoms with Gasteiger partial charge >= 0.3 is 5.97 Å². The first kappa shape index (κ1) is 16.7. The standard InChI is InChI=1S/C15H17NO4S2/c1-15(2,13-4-3-9-21-13)10-16-22(19,20)12-7-5-11(6-8-12)14(17)18/h3-9,16H,10H2,1-2H3,(H,17,18). The lowest BCUT2D eigenvalue weighted by Gasteiger charge is -2.23. The van der Waals surface area contributed by atoms with E-state index in [4.69, 9.17) is 5.11 Å². The maximum absolute atomic E-state index is 12.3. The zero-order valence-electron chi connectivity index (χ0n) is 12.2. The van der Waals surface area contributed by atoms with Crippen LogP contribution in [0.2, 0.25) is 0 Å². The first-order chi connectivity index (χ1) is 10.2. The fourth-order valence-corrected chi connectivity index (χ4v) is 3.95. The first-order valence-corrected chi connectivity index (χ1v) is 8.96. The molecule has 0 bridgehead atoms. The molecule has 22 heavy (non-hydrogen) atoms.